The summed E-state index contributed by atoms with van der Waals surface area (Å²) in [7, 11) is 0. The Balaban J connectivity index is 2.61. The van der Waals surface area contributed by atoms with Crippen LogP contribution in [0, 0.1) is 0 Å². The van der Waals surface area contributed by atoms with E-state index >= 15 is 0 Å². The minimum atomic E-state index is -4.93. The minimum Gasteiger partial charge on any atom is -0.478 e. The molecule has 0 saturated carbocycles. The average Bonchev–Trinajstić information content (AvgIpc) is 2.42. The third kappa shape index (κ3) is 2.61. The zero-order valence-electron chi connectivity index (χ0n) is 11.1. The van der Waals surface area contributed by atoms with E-state index in [9.17, 15) is 18.0 Å². The molecular weight excluding hydrogens is 289 g/mol. The molecular formula is C14H13F3O4. The number of fused-ring (bicyclic) bond motifs is 1. The summed E-state index contributed by atoms with van der Waals surface area (Å²) < 4.78 is 50.5. The molecule has 1 aromatic carbocycles. The first-order valence-corrected chi connectivity index (χ1v) is 6.20. The van der Waals surface area contributed by atoms with Crippen molar-refractivity contribution in [2.24, 2.45) is 0 Å². The molecule has 1 unspecified atom stereocenters. The third-order valence-corrected chi connectivity index (χ3v) is 3.14. The Morgan fingerprint density at radius 3 is 2.62 bits per heavy atom. The molecule has 1 aliphatic heterocycles. The molecule has 0 amide bonds. The average molecular weight is 302 g/mol. The predicted molar refractivity (Wildman–Crippen MR) is 68.0 cm³/mol. The SMILES string of the molecule is CCOCC1(C(F)(F)F)Oc2ccccc2C=C1C(=O)O. The molecule has 1 heterocycles. The van der Waals surface area contributed by atoms with Gasteiger partial charge in [-0.25, -0.2) is 4.79 Å². The highest BCUT2D eigenvalue weighted by Crippen LogP contribution is 2.45. The van der Waals surface area contributed by atoms with Crippen LogP contribution in [-0.2, 0) is 9.53 Å². The van der Waals surface area contributed by atoms with E-state index in [-0.39, 0.29) is 17.9 Å². The van der Waals surface area contributed by atoms with Crippen molar-refractivity contribution in [3.63, 3.8) is 0 Å². The van der Waals surface area contributed by atoms with Gasteiger partial charge in [0.15, 0.2) is 0 Å². The molecule has 0 aliphatic carbocycles. The molecule has 0 bridgehead atoms. The van der Waals surface area contributed by atoms with Gasteiger partial charge < -0.3 is 14.6 Å². The van der Waals surface area contributed by atoms with Gasteiger partial charge in [-0.1, -0.05) is 18.2 Å². The fourth-order valence-electron chi connectivity index (χ4n) is 2.09. The van der Waals surface area contributed by atoms with Crippen molar-refractivity contribution in [1.29, 1.82) is 0 Å². The van der Waals surface area contributed by atoms with Gasteiger partial charge in [0.1, 0.15) is 12.4 Å². The highest BCUT2D eigenvalue weighted by molar-refractivity contribution is 5.96. The van der Waals surface area contributed by atoms with Gasteiger partial charge in [0.25, 0.3) is 5.60 Å². The summed E-state index contributed by atoms with van der Waals surface area (Å²) >= 11 is 0. The van der Waals surface area contributed by atoms with Gasteiger partial charge in [-0.3, -0.25) is 0 Å². The fourth-order valence-corrected chi connectivity index (χ4v) is 2.09. The van der Waals surface area contributed by atoms with Crippen molar-refractivity contribution >= 4 is 12.0 Å². The number of benzene rings is 1. The van der Waals surface area contributed by atoms with Gasteiger partial charge in [0.2, 0.25) is 0 Å². The summed E-state index contributed by atoms with van der Waals surface area (Å²) in [5, 5.41) is 9.16. The first-order chi connectivity index (χ1) is 9.82. The number of halogens is 3. The van der Waals surface area contributed by atoms with Crippen LogP contribution in [-0.4, -0.2) is 36.1 Å². The predicted octanol–water partition coefficient (Wildman–Crippen LogP) is 2.88. The van der Waals surface area contributed by atoms with Gasteiger partial charge in [-0.15, -0.1) is 0 Å². The minimum absolute atomic E-state index is 0.00966. The molecule has 0 aromatic heterocycles. The zero-order valence-corrected chi connectivity index (χ0v) is 11.1. The monoisotopic (exact) mass is 302 g/mol. The third-order valence-electron chi connectivity index (χ3n) is 3.14. The van der Waals surface area contributed by atoms with E-state index in [4.69, 9.17) is 14.6 Å². The molecule has 4 nitrogen and oxygen atoms in total. The second-order valence-electron chi connectivity index (χ2n) is 4.46. The lowest BCUT2D eigenvalue weighted by Crippen LogP contribution is -2.58. The van der Waals surface area contributed by atoms with Crippen LogP contribution < -0.4 is 4.74 Å². The summed E-state index contributed by atoms with van der Waals surface area (Å²) in [4.78, 5) is 11.3. The first-order valence-electron chi connectivity index (χ1n) is 6.20. The summed E-state index contributed by atoms with van der Waals surface area (Å²) in [6, 6.07) is 5.94. The number of hydrogen-bond acceptors (Lipinski definition) is 3. The number of carboxylic acid groups (broad SMARTS) is 1. The summed E-state index contributed by atoms with van der Waals surface area (Å²) in [5.74, 6) is -1.72. The van der Waals surface area contributed by atoms with Crippen molar-refractivity contribution < 1.29 is 32.5 Å². The molecule has 114 valence electrons. The molecule has 1 N–H and O–H groups in total. The highest BCUT2D eigenvalue weighted by atomic mass is 19.4. The Bertz CT molecular complexity index is 580. The van der Waals surface area contributed by atoms with E-state index < -0.39 is 29.9 Å². The van der Waals surface area contributed by atoms with Crippen molar-refractivity contribution in [3.8, 4) is 5.75 Å². The topological polar surface area (TPSA) is 55.8 Å². The van der Waals surface area contributed by atoms with E-state index in [1.165, 1.54) is 25.1 Å². The molecule has 0 radical (unpaired) electrons. The molecule has 21 heavy (non-hydrogen) atoms. The standard InChI is InChI=1S/C14H13F3O4/c1-2-20-8-13(14(15,16)17)10(12(18)19)7-9-5-3-4-6-11(9)21-13/h3-7H,2,8H2,1H3,(H,18,19). The van der Waals surface area contributed by atoms with E-state index in [1.807, 2.05) is 0 Å². The van der Waals surface area contributed by atoms with Gasteiger partial charge >= 0.3 is 12.1 Å². The maximum atomic E-state index is 13.5. The second-order valence-corrected chi connectivity index (χ2v) is 4.46. The van der Waals surface area contributed by atoms with Crippen LogP contribution in [0.1, 0.15) is 12.5 Å². The summed E-state index contributed by atoms with van der Waals surface area (Å²) in [5.41, 5.74) is -3.61. The number of ether oxygens (including phenoxy) is 2. The number of hydrogen-bond donors (Lipinski definition) is 1. The van der Waals surface area contributed by atoms with E-state index in [0.717, 1.165) is 6.08 Å². The van der Waals surface area contributed by atoms with Crippen LogP contribution in [0.5, 0.6) is 5.75 Å². The Morgan fingerprint density at radius 1 is 1.38 bits per heavy atom. The number of carbonyl (C=O) groups is 1. The smallest absolute Gasteiger partial charge is 0.435 e. The lowest BCUT2D eigenvalue weighted by atomic mass is 9.88. The van der Waals surface area contributed by atoms with Gasteiger partial charge in [-0.2, -0.15) is 13.2 Å². The zero-order chi connectivity index (χ0) is 15.7. The Hall–Kier alpha value is -2.02. The van der Waals surface area contributed by atoms with Crippen molar-refractivity contribution in [2.75, 3.05) is 13.2 Å². The number of para-hydroxylation sites is 1. The van der Waals surface area contributed by atoms with Gasteiger partial charge in [0, 0.05) is 12.2 Å². The molecule has 0 fully saturated rings. The van der Waals surface area contributed by atoms with Crippen LogP contribution in [0.2, 0.25) is 0 Å². The Morgan fingerprint density at radius 2 is 2.05 bits per heavy atom. The molecule has 1 aliphatic rings. The van der Waals surface area contributed by atoms with Crippen molar-refractivity contribution in [1.82, 2.24) is 0 Å². The van der Waals surface area contributed by atoms with Crippen molar-refractivity contribution in [3.05, 3.63) is 35.4 Å². The molecule has 1 aromatic rings. The molecule has 1 atom stereocenters. The van der Waals surface area contributed by atoms with E-state index in [1.54, 1.807) is 6.07 Å². The Kier molecular flexibility index (Phi) is 3.95. The quantitative estimate of drug-likeness (QED) is 0.929. The maximum absolute atomic E-state index is 13.5. The lowest BCUT2D eigenvalue weighted by Gasteiger charge is -2.38. The molecule has 0 saturated heterocycles. The van der Waals surface area contributed by atoms with Crippen LogP contribution in [0.25, 0.3) is 6.08 Å². The second kappa shape index (κ2) is 5.40. The fraction of sp³-hybridized carbons (Fsp3) is 0.357. The summed E-state index contributed by atoms with van der Waals surface area (Å²) in [6.07, 6.45) is -3.95. The molecule has 2 rings (SSSR count). The van der Waals surface area contributed by atoms with Crippen LogP contribution in [0.4, 0.5) is 13.2 Å². The summed E-state index contributed by atoms with van der Waals surface area (Å²) in [6.45, 7) is 0.611. The van der Waals surface area contributed by atoms with Crippen molar-refractivity contribution in [2.45, 2.75) is 18.7 Å². The molecule has 0 spiro atoms. The molecule has 7 heteroatoms. The maximum Gasteiger partial charge on any atom is 0.435 e. The first kappa shape index (κ1) is 15.4. The van der Waals surface area contributed by atoms with Gasteiger partial charge in [0.05, 0.1) is 5.57 Å². The highest BCUT2D eigenvalue weighted by Gasteiger charge is 2.63. The van der Waals surface area contributed by atoms with E-state index in [0.29, 0.717) is 0 Å². The van der Waals surface area contributed by atoms with Crippen LogP contribution >= 0.6 is 0 Å². The largest absolute Gasteiger partial charge is 0.478 e. The number of alkyl halides is 3. The van der Waals surface area contributed by atoms with Gasteiger partial charge in [-0.05, 0) is 19.1 Å². The number of carboxylic acids is 1. The number of aliphatic carboxylic acids is 1. The Labute approximate surface area is 118 Å². The van der Waals surface area contributed by atoms with Crippen LogP contribution in [0.3, 0.4) is 0 Å². The normalized spacial score (nSPS) is 21.2. The van der Waals surface area contributed by atoms with E-state index in [2.05, 4.69) is 0 Å². The lowest BCUT2D eigenvalue weighted by molar-refractivity contribution is -0.249. The number of rotatable bonds is 4. The van der Waals surface area contributed by atoms with Crippen LogP contribution in [0.15, 0.2) is 29.8 Å².